The summed E-state index contributed by atoms with van der Waals surface area (Å²) in [6, 6.07) is 11.6. The maximum Gasteiger partial charge on any atom is 0.283 e. The molecule has 2 aliphatic rings. The summed E-state index contributed by atoms with van der Waals surface area (Å²) < 4.78 is 0. The molecule has 0 bridgehead atoms. The Morgan fingerprint density at radius 1 is 1.17 bits per heavy atom. The number of hydrazone groups is 1. The number of pyridine rings is 1. The Morgan fingerprint density at radius 3 is 2.59 bits per heavy atom. The number of hydrogen-bond donors (Lipinski definition) is 1. The molecule has 0 saturated carbocycles. The fourth-order valence-electron chi connectivity index (χ4n) is 3.13. The van der Waals surface area contributed by atoms with Crippen LogP contribution in [0.3, 0.4) is 0 Å². The van der Waals surface area contributed by atoms with Gasteiger partial charge in [0, 0.05) is 36.7 Å². The molecular formula is C21H20N6OS. The summed E-state index contributed by atoms with van der Waals surface area (Å²) in [5.74, 6) is -0.400. The topological polar surface area (TPSA) is 85.0 Å². The highest BCUT2D eigenvalue weighted by Gasteiger charge is 2.36. The van der Waals surface area contributed by atoms with Crippen molar-refractivity contribution in [2.45, 2.75) is 13.8 Å². The molecule has 1 N–H and O–H groups in total. The molecule has 0 spiro atoms. The Hall–Kier alpha value is -3.26. The molecule has 7 nitrogen and oxygen atoms in total. The van der Waals surface area contributed by atoms with Crippen molar-refractivity contribution >= 4 is 45.5 Å². The second kappa shape index (κ2) is 8.00. The number of amidine groups is 2. The van der Waals surface area contributed by atoms with Gasteiger partial charge in [0.1, 0.15) is 5.04 Å². The average molecular weight is 404 g/mol. The minimum atomic E-state index is -0.427. The van der Waals surface area contributed by atoms with Gasteiger partial charge >= 0.3 is 0 Å². The summed E-state index contributed by atoms with van der Waals surface area (Å²) in [7, 11) is 0. The van der Waals surface area contributed by atoms with E-state index >= 15 is 0 Å². The number of carbonyl (C=O) groups excluding carboxylic acids is 1. The van der Waals surface area contributed by atoms with Crippen LogP contribution in [0.15, 0.2) is 64.5 Å². The molecule has 1 aromatic heterocycles. The monoisotopic (exact) mass is 404 g/mol. The lowest BCUT2D eigenvalue weighted by Gasteiger charge is -2.21. The number of amides is 1. The molecule has 0 radical (unpaired) electrons. The number of aromatic nitrogens is 1. The third-order valence-electron chi connectivity index (χ3n) is 4.70. The summed E-state index contributed by atoms with van der Waals surface area (Å²) in [6.07, 6.45) is 5.08. The van der Waals surface area contributed by atoms with E-state index in [1.807, 2.05) is 36.4 Å². The number of carbonyl (C=O) groups is 1. The van der Waals surface area contributed by atoms with Crippen molar-refractivity contribution in [3.05, 3.63) is 65.5 Å². The van der Waals surface area contributed by atoms with Crippen molar-refractivity contribution in [3.8, 4) is 0 Å². The summed E-state index contributed by atoms with van der Waals surface area (Å²) in [6.45, 7) is 6.10. The van der Waals surface area contributed by atoms with Gasteiger partial charge in [-0.1, -0.05) is 12.1 Å². The summed E-state index contributed by atoms with van der Waals surface area (Å²) >= 11 is 1.27. The number of hydrogen-bond acceptors (Lipinski definition) is 6. The smallest absolute Gasteiger partial charge is 0.283 e. The first-order chi connectivity index (χ1) is 14.1. The highest BCUT2D eigenvalue weighted by molar-refractivity contribution is 8.27. The van der Waals surface area contributed by atoms with E-state index in [-0.39, 0.29) is 11.4 Å². The fraction of sp³-hybridized carbons (Fsp3) is 0.190. The summed E-state index contributed by atoms with van der Waals surface area (Å²) in [4.78, 5) is 23.0. The predicted molar refractivity (Wildman–Crippen MR) is 118 cm³/mol. The van der Waals surface area contributed by atoms with Crippen LogP contribution in [0.25, 0.3) is 6.08 Å². The lowest BCUT2D eigenvalue weighted by Crippen LogP contribution is -2.35. The SMILES string of the molecule is CCN(CC)c1ccc(/C=C2\C(=N)N3N=C(c4cccnc4)SC3=NC2=O)cc1. The first-order valence-electron chi connectivity index (χ1n) is 9.36. The van der Waals surface area contributed by atoms with Gasteiger partial charge in [0.15, 0.2) is 5.84 Å². The number of rotatable bonds is 5. The fourth-order valence-corrected chi connectivity index (χ4v) is 4.02. The van der Waals surface area contributed by atoms with E-state index in [0.29, 0.717) is 10.2 Å². The number of thioether (sulfide) groups is 1. The third-order valence-corrected chi connectivity index (χ3v) is 5.65. The van der Waals surface area contributed by atoms with Crippen molar-refractivity contribution < 1.29 is 4.79 Å². The van der Waals surface area contributed by atoms with Crippen LogP contribution in [-0.4, -0.2) is 45.0 Å². The van der Waals surface area contributed by atoms with Crippen LogP contribution in [0.1, 0.15) is 25.0 Å². The van der Waals surface area contributed by atoms with E-state index in [0.717, 1.165) is 29.9 Å². The third kappa shape index (κ3) is 3.71. The number of nitrogens with one attached hydrogen (secondary N) is 1. The largest absolute Gasteiger partial charge is 0.372 e. The second-order valence-electron chi connectivity index (χ2n) is 6.43. The van der Waals surface area contributed by atoms with E-state index in [4.69, 9.17) is 5.41 Å². The van der Waals surface area contributed by atoms with Gasteiger partial charge in [-0.3, -0.25) is 15.2 Å². The average Bonchev–Trinajstić information content (AvgIpc) is 3.18. The molecular weight excluding hydrogens is 384 g/mol. The van der Waals surface area contributed by atoms with Gasteiger partial charge in [-0.15, -0.1) is 0 Å². The lowest BCUT2D eigenvalue weighted by molar-refractivity contribution is -0.114. The Morgan fingerprint density at radius 2 is 1.93 bits per heavy atom. The van der Waals surface area contributed by atoms with Gasteiger partial charge in [0.05, 0.1) is 5.57 Å². The van der Waals surface area contributed by atoms with Crippen molar-refractivity contribution in [2.24, 2.45) is 10.1 Å². The van der Waals surface area contributed by atoms with Crippen LogP contribution in [0.5, 0.6) is 0 Å². The second-order valence-corrected chi connectivity index (χ2v) is 7.39. The summed E-state index contributed by atoms with van der Waals surface area (Å²) in [5.41, 5.74) is 3.02. The number of anilines is 1. The van der Waals surface area contributed by atoms with Crippen molar-refractivity contribution in [1.29, 1.82) is 5.41 Å². The molecule has 4 rings (SSSR count). The maximum absolute atomic E-state index is 12.6. The molecule has 1 amide bonds. The first kappa shape index (κ1) is 19.1. The van der Waals surface area contributed by atoms with Crippen molar-refractivity contribution in [1.82, 2.24) is 9.99 Å². The normalized spacial score (nSPS) is 17.3. The molecule has 0 unspecified atom stereocenters. The zero-order valence-corrected chi connectivity index (χ0v) is 17.0. The number of nitrogens with zero attached hydrogens (tertiary/aromatic N) is 5. The molecule has 0 aliphatic carbocycles. The van der Waals surface area contributed by atoms with Gasteiger partial charge in [-0.05, 0) is 61.5 Å². The van der Waals surface area contributed by atoms with Gasteiger partial charge in [-0.25, -0.2) is 0 Å². The Kier molecular flexibility index (Phi) is 5.26. The molecule has 8 heteroatoms. The zero-order valence-electron chi connectivity index (χ0n) is 16.2. The van der Waals surface area contributed by atoms with Crippen LogP contribution in [0.2, 0.25) is 0 Å². The highest BCUT2D eigenvalue weighted by Crippen LogP contribution is 2.30. The molecule has 0 atom stereocenters. The lowest BCUT2D eigenvalue weighted by atomic mass is 10.1. The molecule has 3 heterocycles. The van der Waals surface area contributed by atoms with Crippen LogP contribution in [-0.2, 0) is 4.79 Å². The van der Waals surface area contributed by atoms with E-state index in [9.17, 15) is 4.79 Å². The van der Waals surface area contributed by atoms with Gasteiger partial charge < -0.3 is 4.90 Å². The van der Waals surface area contributed by atoms with Crippen LogP contribution < -0.4 is 4.90 Å². The van der Waals surface area contributed by atoms with E-state index < -0.39 is 5.91 Å². The zero-order chi connectivity index (χ0) is 20.4. The molecule has 2 aromatic rings. The quantitative estimate of drug-likeness (QED) is 0.770. The maximum atomic E-state index is 12.6. The summed E-state index contributed by atoms with van der Waals surface area (Å²) in [5, 5.41) is 15.4. The van der Waals surface area contributed by atoms with Crippen LogP contribution in [0.4, 0.5) is 5.69 Å². The van der Waals surface area contributed by atoms with Gasteiger partial charge in [-0.2, -0.15) is 15.1 Å². The predicted octanol–water partition coefficient (Wildman–Crippen LogP) is 3.60. The van der Waals surface area contributed by atoms with Crippen LogP contribution in [0, 0.1) is 5.41 Å². The van der Waals surface area contributed by atoms with E-state index in [2.05, 4.69) is 33.8 Å². The first-order valence-corrected chi connectivity index (χ1v) is 10.2. The molecule has 0 saturated heterocycles. The van der Waals surface area contributed by atoms with E-state index in [1.54, 1.807) is 18.5 Å². The van der Waals surface area contributed by atoms with Gasteiger partial charge in [0.2, 0.25) is 5.17 Å². The Balaban J connectivity index is 1.61. The van der Waals surface area contributed by atoms with Gasteiger partial charge in [0.25, 0.3) is 5.91 Å². The number of aliphatic imine (C=N–C) groups is 1. The minimum absolute atomic E-state index is 0.0270. The Bertz CT molecular complexity index is 1040. The van der Waals surface area contributed by atoms with Crippen molar-refractivity contribution in [3.63, 3.8) is 0 Å². The molecule has 0 fully saturated rings. The molecule has 29 heavy (non-hydrogen) atoms. The van der Waals surface area contributed by atoms with Crippen LogP contribution >= 0.6 is 11.8 Å². The molecule has 1 aromatic carbocycles. The highest BCUT2D eigenvalue weighted by atomic mass is 32.2. The molecule has 146 valence electrons. The van der Waals surface area contributed by atoms with E-state index in [1.165, 1.54) is 16.8 Å². The standard InChI is InChI=1S/C21H20N6OS/c1-3-26(4-2)16-9-7-14(8-10-16)12-17-18(22)27-21(24-19(17)28)29-20(25-27)15-6-5-11-23-13-15/h5-13,22H,3-4H2,1-2H3/b17-12+,22-18?. The number of benzene rings is 1. The minimum Gasteiger partial charge on any atom is -0.372 e. The van der Waals surface area contributed by atoms with Crippen molar-refractivity contribution in [2.75, 3.05) is 18.0 Å². The molecule has 2 aliphatic heterocycles. The Labute approximate surface area is 173 Å². The number of fused-ring (bicyclic) bond motifs is 1.